The molecule has 3 fully saturated rings. The number of amides is 1. The van der Waals surface area contributed by atoms with E-state index in [2.05, 4.69) is 0 Å². The molecule has 1 amide bonds. The average Bonchev–Trinajstić information content (AvgIpc) is 3.03. The fraction of sp³-hybridized carbons (Fsp3) is 0.588. The maximum absolute atomic E-state index is 13.0. The van der Waals surface area contributed by atoms with Gasteiger partial charge >= 0.3 is 6.18 Å². The molecule has 3 saturated heterocycles. The number of carbonyl (C=O) groups excluding carboxylic acids is 1. The number of hydrogen-bond donors (Lipinski definition) is 1. The fourth-order valence-electron chi connectivity index (χ4n) is 4.77. The van der Waals surface area contributed by atoms with Crippen LogP contribution in [-0.2, 0) is 15.7 Å². The van der Waals surface area contributed by atoms with E-state index in [1.807, 2.05) is 13.8 Å². The minimum Gasteiger partial charge on any atom is -0.373 e. The highest BCUT2D eigenvalue weighted by Gasteiger charge is 2.72. The Balaban J connectivity index is 1.76. The van der Waals surface area contributed by atoms with Gasteiger partial charge in [0, 0.05) is 11.6 Å². The van der Waals surface area contributed by atoms with Gasteiger partial charge in [0.2, 0.25) is 5.91 Å². The second kappa shape index (κ2) is 4.52. The number of aliphatic hydroxyl groups is 1. The molecule has 4 nitrogen and oxygen atoms in total. The van der Waals surface area contributed by atoms with Crippen molar-refractivity contribution in [1.29, 1.82) is 0 Å². The lowest BCUT2D eigenvalue weighted by Crippen LogP contribution is -2.43. The Hall–Kier alpha value is -1.60. The summed E-state index contributed by atoms with van der Waals surface area (Å²) in [6.07, 6.45) is -4.25. The summed E-state index contributed by atoms with van der Waals surface area (Å²) in [6.45, 7) is 3.72. The van der Waals surface area contributed by atoms with Gasteiger partial charge in [-0.1, -0.05) is 6.07 Å². The molecule has 7 heteroatoms. The summed E-state index contributed by atoms with van der Waals surface area (Å²) in [5.41, 5.74) is -2.05. The zero-order valence-electron chi connectivity index (χ0n) is 13.3. The number of benzene rings is 1. The van der Waals surface area contributed by atoms with E-state index in [0.717, 1.165) is 23.5 Å². The molecular formula is C17H18F3NO3. The highest BCUT2D eigenvalue weighted by molar-refractivity contribution is 5.99. The van der Waals surface area contributed by atoms with Gasteiger partial charge in [0.25, 0.3) is 0 Å². The summed E-state index contributed by atoms with van der Waals surface area (Å²) < 4.78 is 44.9. The number of halogens is 3. The number of fused-ring (bicyclic) bond motifs is 5. The molecule has 3 aliphatic rings. The molecule has 1 aromatic rings. The van der Waals surface area contributed by atoms with Crippen molar-refractivity contribution in [3.8, 4) is 0 Å². The highest BCUT2D eigenvalue weighted by atomic mass is 19.4. The van der Waals surface area contributed by atoms with Crippen LogP contribution < -0.4 is 4.90 Å². The Morgan fingerprint density at radius 3 is 2.54 bits per heavy atom. The number of ether oxygens (including phenoxy) is 1. The largest absolute Gasteiger partial charge is 0.416 e. The van der Waals surface area contributed by atoms with Gasteiger partial charge in [0.15, 0.2) is 0 Å². The second-order valence-corrected chi connectivity index (χ2v) is 7.40. The molecule has 24 heavy (non-hydrogen) atoms. The molecule has 0 aliphatic carbocycles. The smallest absolute Gasteiger partial charge is 0.373 e. The molecule has 2 bridgehead atoms. The maximum Gasteiger partial charge on any atom is 0.416 e. The van der Waals surface area contributed by atoms with E-state index in [4.69, 9.17) is 4.74 Å². The minimum absolute atomic E-state index is 0.0725. The van der Waals surface area contributed by atoms with Crippen molar-refractivity contribution in [2.75, 3.05) is 4.90 Å². The predicted octanol–water partition coefficient (Wildman–Crippen LogP) is 2.94. The first-order chi connectivity index (χ1) is 11.1. The quantitative estimate of drug-likeness (QED) is 0.854. The van der Waals surface area contributed by atoms with E-state index in [1.54, 1.807) is 0 Å². The van der Waals surface area contributed by atoms with Crippen LogP contribution in [0.3, 0.4) is 0 Å². The topological polar surface area (TPSA) is 49.8 Å². The highest BCUT2D eigenvalue weighted by Crippen LogP contribution is 2.62. The molecule has 4 rings (SSSR count). The Bertz CT molecular complexity index is 721. The van der Waals surface area contributed by atoms with Gasteiger partial charge < -0.3 is 9.84 Å². The van der Waals surface area contributed by atoms with Crippen LogP contribution in [0.1, 0.15) is 32.3 Å². The maximum atomic E-state index is 13.0. The van der Waals surface area contributed by atoms with Crippen molar-refractivity contribution < 1.29 is 27.8 Å². The van der Waals surface area contributed by atoms with E-state index < -0.39 is 41.0 Å². The van der Waals surface area contributed by atoms with Crippen molar-refractivity contribution in [2.24, 2.45) is 11.8 Å². The summed E-state index contributed by atoms with van der Waals surface area (Å²) in [5.74, 6) is -1.32. The van der Waals surface area contributed by atoms with Crippen LogP contribution in [0.5, 0.6) is 0 Å². The Kier molecular flexibility index (Phi) is 2.99. The lowest BCUT2D eigenvalue weighted by molar-refractivity contribution is -0.137. The summed E-state index contributed by atoms with van der Waals surface area (Å²) in [4.78, 5) is 14.0. The Labute approximate surface area is 137 Å². The van der Waals surface area contributed by atoms with Gasteiger partial charge in [-0.2, -0.15) is 13.2 Å². The Morgan fingerprint density at radius 2 is 1.92 bits per heavy atom. The number of nitrogens with zero attached hydrogens (tertiary/aromatic N) is 1. The number of aliphatic hydroxyl groups excluding tert-OH is 1. The van der Waals surface area contributed by atoms with Gasteiger partial charge in [0.1, 0.15) is 6.23 Å². The van der Waals surface area contributed by atoms with Crippen LogP contribution in [0.15, 0.2) is 24.3 Å². The number of alkyl halides is 3. The number of rotatable bonds is 1. The van der Waals surface area contributed by atoms with Crippen LogP contribution >= 0.6 is 0 Å². The second-order valence-electron chi connectivity index (χ2n) is 7.40. The first-order valence-corrected chi connectivity index (χ1v) is 7.95. The van der Waals surface area contributed by atoms with Crippen LogP contribution in [0.25, 0.3) is 0 Å². The predicted molar refractivity (Wildman–Crippen MR) is 79.0 cm³/mol. The third-order valence-electron chi connectivity index (χ3n) is 5.85. The first kappa shape index (κ1) is 15.9. The summed E-state index contributed by atoms with van der Waals surface area (Å²) in [5, 5.41) is 10.7. The molecule has 0 aromatic heterocycles. The van der Waals surface area contributed by atoms with E-state index in [1.165, 1.54) is 12.1 Å². The number of anilines is 1. The van der Waals surface area contributed by atoms with Crippen LogP contribution in [0, 0.1) is 11.8 Å². The van der Waals surface area contributed by atoms with Crippen molar-refractivity contribution in [2.45, 2.75) is 50.3 Å². The van der Waals surface area contributed by atoms with Gasteiger partial charge in [-0.3, -0.25) is 9.69 Å². The van der Waals surface area contributed by atoms with Crippen molar-refractivity contribution in [1.82, 2.24) is 0 Å². The van der Waals surface area contributed by atoms with Crippen LogP contribution in [-0.4, -0.2) is 28.4 Å². The van der Waals surface area contributed by atoms with E-state index in [-0.39, 0.29) is 11.6 Å². The molecule has 3 heterocycles. The molecule has 3 aliphatic heterocycles. The molecule has 130 valence electrons. The van der Waals surface area contributed by atoms with Crippen molar-refractivity contribution in [3.05, 3.63) is 29.8 Å². The fourth-order valence-corrected chi connectivity index (χ4v) is 4.77. The lowest BCUT2D eigenvalue weighted by atomic mass is 9.69. The van der Waals surface area contributed by atoms with Crippen molar-refractivity contribution in [3.63, 3.8) is 0 Å². The lowest BCUT2D eigenvalue weighted by Gasteiger charge is -2.32. The van der Waals surface area contributed by atoms with Crippen molar-refractivity contribution >= 4 is 11.6 Å². The Morgan fingerprint density at radius 1 is 1.25 bits per heavy atom. The third-order valence-corrected chi connectivity index (χ3v) is 5.85. The van der Waals surface area contributed by atoms with Gasteiger partial charge in [-0.05, 0) is 44.9 Å². The van der Waals surface area contributed by atoms with E-state index in [0.29, 0.717) is 6.42 Å². The zero-order chi connectivity index (χ0) is 17.5. The summed E-state index contributed by atoms with van der Waals surface area (Å²) >= 11 is 0. The average molecular weight is 341 g/mol. The molecule has 0 spiro atoms. The van der Waals surface area contributed by atoms with E-state index >= 15 is 0 Å². The van der Waals surface area contributed by atoms with E-state index in [9.17, 15) is 23.1 Å². The molecule has 1 N–H and O–H groups in total. The first-order valence-electron chi connectivity index (χ1n) is 7.95. The molecule has 1 unspecified atom stereocenters. The minimum atomic E-state index is -4.50. The van der Waals surface area contributed by atoms with Gasteiger partial charge in [-0.25, -0.2) is 0 Å². The molecule has 5 atom stereocenters. The summed E-state index contributed by atoms with van der Waals surface area (Å²) in [7, 11) is 0. The molecule has 0 saturated carbocycles. The van der Waals surface area contributed by atoms with Gasteiger partial charge in [0.05, 0.1) is 22.7 Å². The third kappa shape index (κ3) is 1.91. The number of carbonyl (C=O) groups is 1. The SMILES string of the molecule is C[C@]12CC[C@](C)(O1)[C@@H]1C(O)N(c3cccc(C(F)(F)F)c3)C(=O)[C@@H]12. The standard InChI is InChI=1S/C17H18F3NO3/c1-15-6-7-16(2,24-15)12-11(15)13(22)21(14(12)23)10-5-3-4-9(8-10)17(18,19)20/h3-5,8,11-13,22H,6-7H2,1-2H3/t11-,12+,13?,15-,16+/m0/s1. The molecule has 0 radical (unpaired) electrons. The molecule has 1 aromatic carbocycles. The van der Waals surface area contributed by atoms with Crippen LogP contribution in [0.2, 0.25) is 0 Å². The summed E-state index contributed by atoms with van der Waals surface area (Å²) in [6, 6.07) is 4.54. The number of hydrogen-bond acceptors (Lipinski definition) is 3. The molecular weight excluding hydrogens is 323 g/mol. The monoisotopic (exact) mass is 341 g/mol. The van der Waals surface area contributed by atoms with Gasteiger partial charge in [-0.15, -0.1) is 0 Å². The van der Waals surface area contributed by atoms with Crippen LogP contribution in [0.4, 0.5) is 18.9 Å². The normalized spacial score (nSPS) is 41.2. The zero-order valence-corrected chi connectivity index (χ0v) is 13.3.